The number of fused-ring (bicyclic) bond motifs is 2. The van der Waals surface area contributed by atoms with Crippen molar-refractivity contribution < 1.29 is 14.6 Å². The zero-order valence-electron chi connectivity index (χ0n) is 13.3. The Bertz CT molecular complexity index is 780. The van der Waals surface area contributed by atoms with Crippen LogP contribution in [0.2, 0.25) is 0 Å². The first-order valence-electron chi connectivity index (χ1n) is 8.06. The molecule has 2 aliphatic rings. The van der Waals surface area contributed by atoms with Gasteiger partial charge in [-0.25, -0.2) is 4.98 Å². The van der Waals surface area contributed by atoms with Gasteiger partial charge >= 0.3 is 0 Å². The Labute approximate surface area is 139 Å². The smallest absolute Gasteiger partial charge is 0.270 e. The Morgan fingerprint density at radius 3 is 2.96 bits per heavy atom. The minimum absolute atomic E-state index is 0.175. The summed E-state index contributed by atoms with van der Waals surface area (Å²) in [6.45, 7) is 1.84. The van der Waals surface area contributed by atoms with Gasteiger partial charge in [-0.1, -0.05) is 18.2 Å². The Morgan fingerprint density at radius 2 is 2.12 bits per heavy atom. The Balaban J connectivity index is 1.48. The average Bonchev–Trinajstić information content (AvgIpc) is 2.88. The van der Waals surface area contributed by atoms with Crippen molar-refractivity contribution in [2.75, 3.05) is 5.32 Å². The van der Waals surface area contributed by atoms with Gasteiger partial charge in [0.25, 0.3) is 5.91 Å². The normalized spacial score (nSPS) is 27.4. The van der Waals surface area contributed by atoms with Gasteiger partial charge in [0.1, 0.15) is 17.5 Å². The lowest BCUT2D eigenvalue weighted by atomic mass is 10.1. The van der Waals surface area contributed by atoms with E-state index in [-0.39, 0.29) is 24.1 Å². The number of ether oxygens (including phenoxy) is 1. The number of benzene rings is 1. The van der Waals surface area contributed by atoms with Crippen molar-refractivity contribution in [3.8, 4) is 5.75 Å². The summed E-state index contributed by atoms with van der Waals surface area (Å²) in [7, 11) is 0. The molecule has 1 aliphatic carbocycles. The molecule has 4 rings (SSSR count). The van der Waals surface area contributed by atoms with Crippen LogP contribution >= 0.6 is 0 Å². The number of aliphatic hydroxyl groups excluding tert-OH is 1. The second-order valence-electron chi connectivity index (χ2n) is 6.29. The lowest BCUT2D eigenvalue weighted by molar-refractivity contribution is 0.0848. The van der Waals surface area contributed by atoms with Crippen LogP contribution < -0.4 is 15.4 Å². The third-order valence-electron chi connectivity index (χ3n) is 4.59. The van der Waals surface area contributed by atoms with E-state index < -0.39 is 6.10 Å². The number of aromatic nitrogens is 1. The second kappa shape index (κ2) is 5.79. The highest BCUT2D eigenvalue weighted by Gasteiger charge is 2.47. The van der Waals surface area contributed by atoms with E-state index in [1.165, 1.54) is 0 Å². The summed E-state index contributed by atoms with van der Waals surface area (Å²) in [5.41, 5.74) is 2.00. The number of aliphatic hydroxyl groups is 1. The molecule has 0 unspecified atom stereocenters. The number of rotatable bonds is 2. The van der Waals surface area contributed by atoms with Crippen LogP contribution in [0.15, 0.2) is 42.5 Å². The number of aryl methyl sites for hydroxylation is 1. The number of nitrogens with zero attached hydrogens (tertiary/aromatic N) is 1. The fourth-order valence-electron chi connectivity index (χ4n) is 3.39. The van der Waals surface area contributed by atoms with E-state index in [2.05, 4.69) is 15.6 Å². The van der Waals surface area contributed by atoms with Gasteiger partial charge < -0.3 is 20.5 Å². The number of pyridine rings is 1. The molecular weight excluding hydrogens is 306 g/mol. The summed E-state index contributed by atoms with van der Waals surface area (Å²) in [5, 5.41) is 16.8. The fourth-order valence-corrected chi connectivity index (χ4v) is 3.39. The number of amides is 1. The van der Waals surface area contributed by atoms with Crippen LogP contribution in [0.1, 0.15) is 22.6 Å². The van der Waals surface area contributed by atoms with Gasteiger partial charge in [0.2, 0.25) is 0 Å². The molecule has 1 aromatic heterocycles. The first kappa shape index (κ1) is 15.0. The highest BCUT2D eigenvalue weighted by atomic mass is 16.5. The van der Waals surface area contributed by atoms with Crippen molar-refractivity contribution in [1.82, 2.24) is 10.3 Å². The number of para-hydroxylation sites is 2. The number of carbonyl (C=O) groups excluding carboxylic acids is 1. The fraction of sp³-hybridized carbons (Fsp3) is 0.333. The molecular formula is C18H19N3O3. The molecule has 4 atom stereocenters. The van der Waals surface area contributed by atoms with E-state index in [0.717, 1.165) is 17.1 Å². The third kappa shape index (κ3) is 2.59. The minimum atomic E-state index is -0.725. The van der Waals surface area contributed by atoms with Gasteiger partial charge in [0, 0.05) is 12.1 Å². The van der Waals surface area contributed by atoms with Crippen molar-refractivity contribution in [1.29, 1.82) is 0 Å². The molecule has 2 aromatic rings. The van der Waals surface area contributed by atoms with Crippen molar-refractivity contribution in [2.24, 2.45) is 0 Å². The Kier molecular flexibility index (Phi) is 3.61. The van der Waals surface area contributed by atoms with Gasteiger partial charge in [-0.3, -0.25) is 4.79 Å². The standard InChI is InChI=1S/C18H19N3O3/c1-10-5-4-7-12(19-10)18(23)21-13-9-15-16(17(13)22)20-11-6-2-3-8-14(11)24-15/h2-8,13,15-17,20,22H,9H2,1H3,(H,21,23)/t13-,15-,16-,17-/m1/s1. The van der Waals surface area contributed by atoms with Gasteiger partial charge in [-0.15, -0.1) is 0 Å². The SMILES string of the molecule is Cc1cccc(C(=O)N[C@@H]2C[C@H]3Oc4ccccc4N[C@H]3[C@@H]2O)n1. The first-order chi connectivity index (χ1) is 11.6. The molecule has 3 N–H and O–H groups in total. The summed E-state index contributed by atoms with van der Waals surface area (Å²) in [4.78, 5) is 16.6. The zero-order chi connectivity index (χ0) is 16.7. The molecule has 1 fully saturated rings. The summed E-state index contributed by atoms with van der Waals surface area (Å²) in [6.07, 6.45) is -0.354. The Hall–Kier alpha value is -2.60. The quantitative estimate of drug-likeness (QED) is 0.779. The highest BCUT2D eigenvalue weighted by molar-refractivity contribution is 5.92. The maximum absolute atomic E-state index is 12.4. The molecule has 0 saturated heterocycles. The minimum Gasteiger partial charge on any atom is -0.486 e. The van der Waals surface area contributed by atoms with E-state index in [1.807, 2.05) is 37.3 Å². The molecule has 24 heavy (non-hydrogen) atoms. The molecule has 1 aliphatic heterocycles. The maximum atomic E-state index is 12.4. The molecule has 1 saturated carbocycles. The highest BCUT2D eigenvalue weighted by Crippen LogP contribution is 2.37. The third-order valence-corrected chi connectivity index (χ3v) is 4.59. The number of carbonyl (C=O) groups is 1. The van der Waals surface area contributed by atoms with E-state index in [0.29, 0.717) is 12.1 Å². The maximum Gasteiger partial charge on any atom is 0.270 e. The van der Waals surface area contributed by atoms with Crippen LogP contribution in [0.5, 0.6) is 5.75 Å². The van der Waals surface area contributed by atoms with Crippen LogP contribution in [0, 0.1) is 6.92 Å². The van der Waals surface area contributed by atoms with E-state index in [1.54, 1.807) is 12.1 Å². The first-order valence-corrected chi connectivity index (χ1v) is 8.06. The summed E-state index contributed by atoms with van der Waals surface area (Å²) in [6, 6.07) is 12.3. The van der Waals surface area contributed by atoms with E-state index in [4.69, 9.17) is 4.74 Å². The molecule has 0 bridgehead atoms. The Morgan fingerprint density at radius 1 is 1.29 bits per heavy atom. The van der Waals surface area contributed by atoms with E-state index >= 15 is 0 Å². The predicted molar refractivity (Wildman–Crippen MR) is 89.1 cm³/mol. The van der Waals surface area contributed by atoms with Crippen molar-refractivity contribution in [2.45, 2.75) is 37.6 Å². The number of anilines is 1. The molecule has 1 amide bonds. The van der Waals surface area contributed by atoms with Crippen LogP contribution in [0.4, 0.5) is 5.69 Å². The lowest BCUT2D eigenvalue weighted by Crippen LogP contribution is -2.47. The van der Waals surface area contributed by atoms with Crippen molar-refractivity contribution >= 4 is 11.6 Å². The van der Waals surface area contributed by atoms with Crippen LogP contribution in [-0.2, 0) is 0 Å². The van der Waals surface area contributed by atoms with Crippen LogP contribution in [-0.4, -0.2) is 40.3 Å². The van der Waals surface area contributed by atoms with Crippen molar-refractivity contribution in [3.05, 3.63) is 53.9 Å². The molecule has 2 heterocycles. The molecule has 0 radical (unpaired) electrons. The molecule has 6 heteroatoms. The van der Waals surface area contributed by atoms with Crippen LogP contribution in [0.3, 0.4) is 0 Å². The zero-order valence-corrected chi connectivity index (χ0v) is 13.3. The molecule has 1 aromatic carbocycles. The van der Waals surface area contributed by atoms with Crippen molar-refractivity contribution in [3.63, 3.8) is 0 Å². The van der Waals surface area contributed by atoms with Gasteiger partial charge in [-0.05, 0) is 31.2 Å². The summed E-state index contributed by atoms with van der Waals surface area (Å²) in [5.74, 6) is 0.497. The average molecular weight is 325 g/mol. The largest absolute Gasteiger partial charge is 0.486 e. The molecule has 0 spiro atoms. The predicted octanol–water partition coefficient (Wildman–Crippen LogP) is 1.49. The summed E-state index contributed by atoms with van der Waals surface area (Å²) < 4.78 is 5.97. The second-order valence-corrected chi connectivity index (χ2v) is 6.29. The van der Waals surface area contributed by atoms with E-state index in [9.17, 15) is 9.90 Å². The summed E-state index contributed by atoms with van der Waals surface area (Å²) >= 11 is 0. The van der Waals surface area contributed by atoms with Gasteiger partial charge in [0.05, 0.1) is 23.9 Å². The van der Waals surface area contributed by atoms with Gasteiger partial charge in [-0.2, -0.15) is 0 Å². The molecule has 124 valence electrons. The number of hydrogen-bond acceptors (Lipinski definition) is 5. The topological polar surface area (TPSA) is 83.5 Å². The number of hydrogen-bond donors (Lipinski definition) is 3. The van der Waals surface area contributed by atoms with Crippen LogP contribution in [0.25, 0.3) is 0 Å². The molecule has 6 nitrogen and oxygen atoms in total. The monoisotopic (exact) mass is 325 g/mol. The van der Waals surface area contributed by atoms with Gasteiger partial charge in [0.15, 0.2) is 0 Å². The number of nitrogens with one attached hydrogen (secondary N) is 2. The lowest BCUT2D eigenvalue weighted by Gasteiger charge is -2.31.